The molecule has 0 bridgehead atoms. The number of hydrogen-bond donors (Lipinski definition) is 1. The second-order valence-corrected chi connectivity index (χ2v) is 6.97. The van der Waals surface area contributed by atoms with E-state index in [1.165, 1.54) is 0 Å². The number of methoxy groups -OCH3 is 1. The summed E-state index contributed by atoms with van der Waals surface area (Å²) in [6.45, 7) is 5.76. The van der Waals surface area contributed by atoms with E-state index < -0.39 is 16.0 Å². The van der Waals surface area contributed by atoms with Gasteiger partial charge in [-0.05, 0) is 38.0 Å². The number of nitrogens with one attached hydrogen (secondary N) is 1. The van der Waals surface area contributed by atoms with Crippen LogP contribution in [0.2, 0.25) is 0 Å². The number of carbonyl (C=O) groups is 1. The van der Waals surface area contributed by atoms with Crippen LogP contribution in [0.3, 0.4) is 0 Å². The molecule has 0 aliphatic rings. The van der Waals surface area contributed by atoms with Gasteiger partial charge in [-0.25, -0.2) is 0 Å². The molecule has 3 atom stereocenters. The fraction of sp³-hybridized carbons (Fsp3) is 0.562. The van der Waals surface area contributed by atoms with Crippen molar-refractivity contribution in [2.45, 2.75) is 50.7 Å². The quantitative estimate of drug-likeness (QED) is 0.803. The molecule has 0 aliphatic heterocycles. The van der Waals surface area contributed by atoms with Crippen LogP contribution in [0.4, 0.5) is 0 Å². The van der Waals surface area contributed by atoms with Gasteiger partial charge in [0.05, 0.1) is 7.11 Å². The van der Waals surface area contributed by atoms with Gasteiger partial charge in [0, 0.05) is 22.6 Å². The zero-order valence-electron chi connectivity index (χ0n) is 13.2. The number of ether oxygens (including phenoxy) is 1. The lowest BCUT2D eigenvalue weighted by molar-refractivity contribution is -0.121. The first-order valence-corrected chi connectivity index (χ1v) is 8.66. The summed E-state index contributed by atoms with van der Waals surface area (Å²) in [6.07, 6.45) is 1.95. The Hall–Kier alpha value is -1.36. The predicted molar refractivity (Wildman–Crippen MR) is 86.8 cm³/mol. The molecule has 1 aromatic rings. The minimum absolute atomic E-state index is 0.124. The zero-order chi connectivity index (χ0) is 15.8. The number of benzene rings is 1. The normalized spacial score (nSPS) is 15.0. The van der Waals surface area contributed by atoms with Crippen molar-refractivity contribution in [3.8, 4) is 5.75 Å². The van der Waals surface area contributed by atoms with Crippen LogP contribution in [0.1, 0.15) is 39.2 Å². The van der Waals surface area contributed by atoms with Gasteiger partial charge >= 0.3 is 0 Å². The molecule has 1 N–H and O–H groups in total. The molecule has 1 amide bonds. The van der Waals surface area contributed by atoms with Gasteiger partial charge in [0.2, 0.25) is 5.91 Å². The van der Waals surface area contributed by atoms with Gasteiger partial charge in [-0.1, -0.05) is 25.5 Å². The zero-order valence-corrected chi connectivity index (χ0v) is 14.0. The fourth-order valence-electron chi connectivity index (χ4n) is 2.04. The third-order valence-corrected chi connectivity index (χ3v) is 4.94. The molecule has 1 rings (SSSR count). The van der Waals surface area contributed by atoms with Crippen molar-refractivity contribution < 1.29 is 13.7 Å². The van der Waals surface area contributed by atoms with E-state index in [2.05, 4.69) is 12.2 Å². The van der Waals surface area contributed by atoms with Crippen LogP contribution < -0.4 is 10.1 Å². The van der Waals surface area contributed by atoms with Gasteiger partial charge in [-0.15, -0.1) is 0 Å². The topological polar surface area (TPSA) is 55.4 Å². The lowest BCUT2D eigenvalue weighted by atomic mass is 10.2. The summed E-state index contributed by atoms with van der Waals surface area (Å²) in [5, 5.41) is 2.40. The van der Waals surface area contributed by atoms with Gasteiger partial charge < -0.3 is 10.1 Å². The second-order valence-electron chi connectivity index (χ2n) is 5.22. The minimum atomic E-state index is -1.24. The highest BCUT2D eigenvalue weighted by Gasteiger charge is 2.21. The molecule has 0 saturated carbocycles. The predicted octanol–water partition coefficient (Wildman–Crippen LogP) is 2.64. The minimum Gasteiger partial charge on any atom is -0.497 e. The Morgan fingerprint density at radius 2 is 2.10 bits per heavy atom. The van der Waals surface area contributed by atoms with Crippen LogP contribution in [0.25, 0.3) is 0 Å². The SMILES string of the molecule is CCC[C@H](C)NC(=O)[C@@H](C)[S@](=O)Cc1cccc(OC)c1. The highest BCUT2D eigenvalue weighted by Crippen LogP contribution is 2.15. The Kier molecular flexibility index (Phi) is 7.43. The van der Waals surface area contributed by atoms with Crippen molar-refractivity contribution in [3.63, 3.8) is 0 Å². The lowest BCUT2D eigenvalue weighted by Crippen LogP contribution is -2.40. The highest BCUT2D eigenvalue weighted by atomic mass is 32.2. The van der Waals surface area contributed by atoms with Crippen LogP contribution in [0.15, 0.2) is 24.3 Å². The average Bonchev–Trinajstić information content (AvgIpc) is 2.46. The molecule has 21 heavy (non-hydrogen) atoms. The number of hydrogen-bond acceptors (Lipinski definition) is 3. The first-order chi connectivity index (χ1) is 9.97. The van der Waals surface area contributed by atoms with Crippen LogP contribution >= 0.6 is 0 Å². The molecular formula is C16H25NO3S. The lowest BCUT2D eigenvalue weighted by Gasteiger charge is -2.17. The van der Waals surface area contributed by atoms with E-state index in [1.807, 2.05) is 31.2 Å². The first kappa shape index (κ1) is 17.7. The third-order valence-electron chi connectivity index (χ3n) is 3.32. The smallest absolute Gasteiger partial charge is 0.235 e. The Morgan fingerprint density at radius 1 is 1.38 bits per heavy atom. The third kappa shape index (κ3) is 5.87. The molecule has 0 fully saturated rings. The van der Waals surface area contributed by atoms with E-state index in [1.54, 1.807) is 14.0 Å². The maximum Gasteiger partial charge on any atom is 0.235 e. The molecule has 5 heteroatoms. The van der Waals surface area contributed by atoms with Crippen LogP contribution in [0, 0.1) is 0 Å². The summed E-state index contributed by atoms with van der Waals surface area (Å²) >= 11 is 0. The van der Waals surface area contributed by atoms with E-state index in [9.17, 15) is 9.00 Å². The van der Waals surface area contributed by atoms with Crippen LogP contribution in [0.5, 0.6) is 5.75 Å². The second kappa shape index (κ2) is 8.82. The maximum absolute atomic E-state index is 12.3. The van der Waals surface area contributed by atoms with Crippen LogP contribution in [-0.2, 0) is 21.3 Å². The number of carbonyl (C=O) groups excluding carboxylic acids is 1. The molecule has 0 radical (unpaired) electrons. The fourth-order valence-corrected chi connectivity index (χ4v) is 3.10. The van der Waals surface area contributed by atoms with Gasteiger partial charge in [0.1, 0.15) is 11.0 Å². The molecule has 0 heterocycles. The van der Waals surface area contributed by atoms with E-state index in [0.717, 1.165) is 24.2 Å². The summed E-state index contributed by atoms with van der Waals surface area (Å²) in [7, 11) is 0.354. The molecule has 0 aliphatic carbocycles. The summed E-state index contributed by atoms with van der Waals surface area (Å²) in [6, 6.07) is 7.57. The van der Waals surface area contributed by atoms with Gasteiger partial charge in [-0.2, -0.15) is 0 Å². The molecule has 118 valence electrons. The highest BCUT2D eigenvalue weighted by molar-refractivity contribution is 7.85. The standard InChI is InChI=1S/C16H25NO3S/c1-5-7-12(2)17-16(18)13(3)21(19)11-14-8-6-9-15(10-14)20-4/h6,8-10,12-13H,5,7,11H2,1-4H3,(H,17,18)/t12-,13+,21+/m0/s1. The van der Waals surface area contributed by atoms with Gasteiger partial charge in [-0.3, -0.25) is 9.00 Å². The van der Waals surface area contributed by atoms with E-state index >= 15 is 0 Å². The van der Waals surface area contributed by atoms with Crippen molar-refractivity contribution in [1.29, 1.82) is 0 Å². The summed E-state index contributed by atoms with van der Waals surface area (Å²) < 4.78 is 17.4. The van der Waals surface area contributed by atoms with Gasteiger partial charge in [0.15, 0.2) is 0 Å². The van der Waals surface area contributed by atoms with Crippen molar-refractivity contribution in [2.75, 3.05) is 7.11 Å². The van der Waals surface area contributed by atoms with Crippen molar-refractivity contribution in [1.82, 2.24) is 5.32 Å². The molecule has 4 nitrogen and oxygen atoms in total. The van der Waals surface area contributed by atoms with E-state index in [4.69, 9.17) is 4.74 Å². The summed E-state index contributed by atoms with van der Waals surface area (Å²) in [4.78, 5) is 12.1. The molecule has 0 spiro atoms. The summed E-state index contributed by atoms with van der Waals surface area (Å²) in [5.41, 5.74) is 0.911. The van der Waals surface area contributed by atoms with Crippen molar-refractivity contribution in [2.24, 2.45) is 0 Å². The Balaban J connectivity index is 2.59. The Labute approximate surface area is 129 Å². The van der Waals surface area contributed by atoms with Gasteiger partial charge in [0.25, 0.3) is 0 Å². The first-order valence-electron chi connectivity index (χ1n) is 7.28. The van der Waals surface area contributed by atoms with Crippen molar-refractivity contribution in [3.05, 3.63) is 29.8 Å². The monoisotopic (exact) mass is 311 g/mol. The molecule has 0 saturated heterocycles. The molecule has 0 aromatic heterocycles. The van der Waals surface area contributed by atoms with Crippen LogP contribution in [-0.4, -0.2) is 28.5 Å². The number of rotatable bonds is 8. The number of amides is 1. The molecule has 0 unspecified atom stereocenters. The Morgan fingerprint density at radius 3 is 2.71 bits per heavy atom. The van der Waals surface area contributed by atoms with E-state index in [-0.39, 0.29) is 11.9 Å². The maximum atomic E-state index is 12.3. The largest absolute Gasteiger partial charge is 0.497 e. The molecular weight excluding hydrogens is 286 g/mol. The Bertz CT molecular complexity index is 490. The average molecular weight is 311 g/mol. The van der Waals surface area contributed by atoms with Crippen molar-refractivity contribution >= 4 is 16.7 Å². The summed E-state index contributed by atoms with van der Waals surface area (Å²) in [5.74, 6) is 0.948. The molecule has 1 aromatic carbocycles. The van der Waals surface area contributed by atoms with E-state index in [0.29, 0.717) is 5.75 Å².